The van der Waals surface area contributed by atoms with Gasteiger partial charge in [0.2, 0.25) is 17.7 Å². The highest BCUT2D eigenvalue weighted by Gasteiger charge is 2.60. The van der Waals surface area contributed by atoms with Crippen molar-refractivity contribution in [3.63, 3.8) is 0 Å². The maximum atomic E-state index is 13.6. The zero-order valence-corrected chi connectivity index (χ0v) is 75.1. The van der Waals surface area contributed by atoms with E-state index in [1.165, 1.54) is 129 Å². The number of aliphatic hydroxyl groups is 20. The van der Waals surface area contributed by atoms with Crippen LogP contribution in [0.1, 0.15) is 240 Å². The average Bonchev–Trinajstić information content (AvgIpc) is 0.779. The topological polar surface area (TPSA) is 621 Å². The summed E-state index contributed by atoms with van der Waals surface area (Å²) in [5.74, 6) is -2.13. The molecule has 37 atom stereocenters. The van der Waals surface area contributed by atoms with Crippen LogP contribution >= 0.6 is 0 Å². The quantitative estimate of drug-likeness (QED) is 0.0244. The summed E-state index contributed by atoms with van der Waals surface area (Å²) in [6.07, 6.45) is -21.2. The zero-order chi connectivity index (χ0) is 93.5. The van der Waals surface area contributed by atoms with Crippen molar-refractivity contribution in [2.75, 3.05) is 46.2 Å². The van der Waals surface area contributed by atoms with Crippen molar-refractivity contribution < 1.29 is 183 Å². The number of nitrogens with one attached hydrogen (secondary N) is 3. The third kappa shape index (κ3) is 33.8. The number of ether oxygens (including phenoxy) is 14. The molecule has 40 heteroatoms. The Morgan fingerprint density at radius 2 is 0.641 bits per heavy atom. The summed E-state index contributed by atoms with van der Waals surface area (Å²) < 4.78 is 83.2. The Hall–Kier alpha value is -3.47. The van der Waals surface area contributed by atoms with Crippen molar-refractivity contribution in [3.05, 3.63) is 24.3 Å². The highest BCUT2D eigenvalue weighted by molar-refractivity contribution is 5.76. The van der Waals surface area contributed by atoms with Crippen LogP contribution in [0.25, 0.3) is 0 Å². The van der Waals surface area contributed by atoms with E-state index in [9.17, 15) is 117 Å². The summed E-state index contributed by atoms with van der Waals surface area (Å²) in [7, 11) is 0. The van der Waals surface area contributed by atoms with Gasteiger partial charge in [-0.3, -0.25) is 14.4 Å². The van der Waals surface area contributed by atoms with Crippen LogP contribution in [-0.4, -0.2) is 393 Å². The van der Waals surface area contributed by atoms with E-state index >= 15 is 0 Å². The number of hydrogen-bond donors (Lipinski definition) is 23. The van der Waals surface area contributed by atoms with Crippen LogP contribution in [0.2, 0.25) is 0 Å². The van der Waals surface area contributed by atoms with E-state index in [0.29, 0.717) is 12.8 Å². The van der Waals surface area contributed by atoms with Crippen molar-refractivity contribution in [1.29, 1.82) is 0 Å². The number of aliphatic hydroxyl groups excluding tert-OH is 20. The van der Waals surface area contributed by atoms with E-state index < -0.39 is 285 Å². The van der Waals surface area contributed by atoms with Gasteiger partial charge in [-0.15, -0.1) is 0 Å². The molecule has 0 aromatic carbocycles. The minimum atomic E-state index is -2.30. The van der Waals surface area contributed by atoms with Crippen molar-refractivity contribution in [1.82, 2.24) is 16.0 Å². The fourth-order valence-electron chi connectivity index (χ4n) is 17.3. The number of allylic oxidation sites excluding steroid dienone is 3. The third-order valence-corrected chi connectivity index (χ3v) is 25.0. The lowest BCUT2D eigenvalue weighted by atomic mass is 9.93. The predicted octanol–water partition coefficient (Wildman–Crippen LogP) is -1.46. The van der Waals surface area contributed by atoms with Crippen LogP contribution < -0.4 is 16.0 Å². The lowest BCUT2D eigenvalue weighted by molar-refractivity contribution is -0.392. The molecule has 3 amide bonds. The fraction of sp³-hybridized carbons (Fsp3) is 0.920. The Morgan fingerprint density at radius 1 is 0.320 bits per heavy atom. The highest BCUT2D eigenvalue weighted by atomic mass is 16.8. The van der Waals surface area contributed by atoms with Crippen molar-refractivity contribution in [3.8, 4) is 0 Å². The van der Waals surface area contributed by atoms with E-state index in [1.54, 1.807) is 6.08 Å². The molecule has 0 saturated carbocycles. The maximum absolute atomic E-state index is 13.6. The van der Waals surface area contributed by atoms with Gasteiger partial charge in [0, 0.05) is 20.3 Å². The van der Waals surface area contributed by atoms with E-state index in [4.69, 9.17) is 66.3 Å². The molecule has 7 heterocycles. The molecule has 128 heavy (non-hydrogen) atoms. The van der Waals surface area contributed by atoms with E-state index in [-0.39, 0.29) is 12.3 Å². The molecule has 7 aliphatic rings. The minimum Gasteiger partial charge on any atom is -0.394 e. The van der Waals surface area contributed by atoms with Crippen LogP contribution in [0.4, 0.5) is 0 Å². The summed E-state index contributed by atoms with van der Waals surface area (Å²) in [5, 5.41) is 233. The first kappa shape index (κ1) is 112. The molecule has 0 aliphatic carbocycles. The molecular weight excluding hydrogens is 1690 g/mol. The summed E-state index contributed by atoms with van der Waals surface area (Å²) in [6.45, 7) is 1.08. The Bertz CT molecular complexity index is 3070. The zero-order valence-electron chi connectivity index (χ0n) is 75.1. The van der Waals surface area contributed by atoms with Gasteiger partial charge in [0.15, 0.2) is 44.0 Å². The van der Waals surface area contributed by atoms with Crippen LogP contribution in [0.5, 0.6) is 0 Å². The number of amides is 3. The molecule has 7 fully saturated rings. The van der Waals surface area contributed by atoms with Gasteiger partial charge in [-0.05, 0) is 51.9 Å². The lowest BCUT2D eigenvalue weighted by Crippen LogP contribution is -2.71. The predicted molar refractivity (Wildman–Crippen MR) is 453 cm³/mol. The van der Waals surface area contributed by atoms with Gasteiger partial charge >= 0.3 is 0 Å². The van der Waals surface area contributed by atoms with Crippen LogP contribution in [0.3, 0.4) is 0 Å². The number of carbonyl (C=O) groups is 3. The lowest BCUT2D eigenvalue weighted by Gasteiger charge is -2.51. The first-order valence-corrected chi connectivity index (χ1v) is 47.0. The van der Waals surface area contributed by atoms with Crippen LogP contribution in [-0.2, 0) is 80.7 Å². The third-order valence-electron chi connectivity index (χ3n) is 25.0. The van der Waals surface area contributed by atoms with Crippen LogP contribution in [0, 0.1) is 0 Å². The van der Waals surface area contributed by atoms with Gasteiger partial charge in [0.25, 0.3) is 0 Å². The van der Waals surface area contributed by atoms with E-state index in [0.717, 1.165) is 78.1 Å². The molecular formula is C88H157N3O37. The number of unbranched alkanes of at least 4 members (excludes halogenated alkanes) is 28. The van der Waals surface area contributed by atoms with Gasteiger partial charge < -0.3 is 184 Å². The van der Waals surface area contributed by atoms with Crippen molar-refractivity contribution in [2.45, 2.75) is 467 Å². The summed E-state index contributed by atoms with van der Waals surface area (Å²) in [4.78, 5) is 39.6. The molecule has 7 aliphatic heterocycles. The Labute approximate surface area is 751 Å². The molecule has 23 N–H and O–H groups in total. The second kappa shape index (κ2) is 59.5. The standard InChI is InChI=1S/C88H157N3O37/c1-6-8-10-12-14-16-18-20-21-22-23-24-25-26-27-29-31-33-35-37-39-41-60(101)91-52(53(100)40-38-36-34-32-30-28-19-17-15-13-11-9-7-2)48-115-84-73(112)71(110)78(59(47-97)122-84)124-87-75(114)80(66(105)56(44-94)118-87)127-82-61(89-50(4)98)67(106)76(57(45-95)120-82)123-86-74(113)79(65(104)55(43-93)117-86)126-83-62(90-51(5)99)68(107)77(58(46-96)121-83)125-88-81(70(109)64(103)54(42-92)119-88)128-85-72(111)69(108)63(102)49(3)116-85/h20-21,38,40,49,52-59,61-88,92-97,100,102-114H,6-19,22-37,39,41-48H2,1-5H3,(H,89,98)(H,90,99)(H,91,101)/b21-20-,40-38+/t49?,52-,53+,54?,55?,56?,57?,58?,59?,61?,62?,63+,64-,65-,66-,67+,68+,69?,70-,71+,72-,73?,74?,75?,76+,77+,78+,79-,80-,81?,82-,83-,84+,85+,86-,87-,88-/m0/s1. The fourth-order valence-corrected chi connectivity index (χ4v) is 17.3. The largest absolute Gasteiger partial charge is 0.394 e. The van der Waals surface area contributed by atoms with Gasteiger partial charge in [-0.25, -0.2) is 0 Å². The monoisotopic (exact) mass is 1850 g/mol. The second-order valence-electron chi connectivity index (χ2n) is 35.2. The smallest absolute Gasteiger partial charge is 0.220 e. The SMILES string of the molecule is CCCCCCCC/C=C\CCCCCCCCCCCCCC(=O)N[C@@H](CO[C@@H]1OC(CO)[C@@H](O[C@@H]2OC(CO)[C@H](O)[C@H](O[C@@H]3OC(CO)[C@@H](O[C@@H]4OC(CO)[C@H](O)[C@H](O[C@@H]5OC(CO)[C@@H](O[C@@H]6OC(CO)[C@H](O)[C@H](O)C6O[C@H]6OC(C)[C@@H](O)C(O)[C@@H]6O)[C@H](O)C5NC(C)=O)C4O)[C@H](O)C3NC(C)=O)C2O)[C@H](O)C1O)[C@H](O)/C=C/CCCCCCCCCCCCC. The molecule has 0 aromatic rings. The molecule has 0 spiro atoms. The van der Waals surface area contributed by atoms with Crippen LogP contribution in [0.15, 0.2) is 24.3 Å². The number of rotatable bonds is 59. The Morgan fingerprint density at radius 3 is 1.05 bits per heavy atom. The molecule has 0 bridgehead atoms. The molecule has 0 radical (unpaired) electrons. The van der Waals surface area contributed by atoms with Gasteiger partial charge in [-0.2, -0.15) is 0 Å². The first-order valence-electron chi connectivity index (χ1n) is 47.0. The molecule has 40 nitrogen and oxygen atoms in total. The molecule has 7 rings (SSSR count). The van der Waals surface area contributed by atoms with Gasteiger partial charge in [0.1, 0.15) is 165 Å². The van der Waals surface area contributed by atoms with E-state index in [1.807, 2.05) is 6.08 Å². The Balaban J connectivity index is 0.967. The molecule has 746 valence electrons. The number of carbonyl (C=O) groups excluding carboxylic acids is 3. The van der Waals surface area contributed by atoms with E-state index in [2.05, 4.69) is 41.9 Å². The summed E-state index contributed by atoms with van der Waals surface area (Å²) in [5.41, 5.74) is 0. The summed E-state index contributed by atoms with van der Waals surface area (Å²) in [6, 6.07) is -4.81. The van der Waals surface area contributed by atoms with Crippen molar-refractivity contribution >= 4 is 17.7 Å². The number of hydrogen-bond acceptors (Lipinski definition) is 37. The Kier molecular flexibility index (Phi) is 51.9. The molecule has 14 unspecified atom stereocenters. The van der Waals surface area contributed by atoms with Gasteiger partial charge in [0.05, 0.1) is 64.5 Å². The highest BCUT2D eigenvalue weighted by Crippen LogP contribution is 2.39. The first-order chi connectivity index (χ1) is 61.5. The normalized spacial score (nSPS) is 37.7. The molecule has 0 aromatic heterocycles. The average molecular weight is 1850 g/mol. The minimum absolute atomic E-state index is 0.162. The second-order valence-corrected chi connectivity index (χ2v) is 35.2. The summed E-state index contributed by atoms with van der Waals surface area (Å²) >= 11 is 0. The molecule has 7 saturated heterocycles. The van der Waals surface area contributed by atoms with Crippen molar-refractivity contribution in [2.24, 2.45) is 0 Å². The van der Waals surface area contributed by atoms with Gasteiger partial charge in [-0.1, -0.05) is 192 Å². The maximum Gasteiger partial charge on any atom is 0.220 e.